The minimum atomic E-state index is 1.01. The number of rotatable bonds is 1. The van der Waals surface area contributed by atoms with Crippen molar-refractivity contribution in [2.24, 2.45) is 0 Å². The van der Waals surface area contributed by atoms with Gasteiger partial charge in [0.15, 0.2) is 0 Å². The van der Waals surface area contributed by atoms with E-state index in [1.54, 1.807) is 0 Å². The Morgan fingerprint density at radius 3 is 2.54 bits per heavy atom. The summed E-state index contributed by atoms with van der Waals surface area (Å²) >= 11 is 0. The molecule has 66 valence electrons. The lowest BCUT2D eigenvalue weighted by Gasteiger charge is -2.03. The smallest absolute Gasteiger partial charge is 0.00217 e. The van der Waals surface area contributed by atoms with E-state index < -0.39 is 0 Å². The topological polar surface area (TPSA) is 0 Å². The molecule has 1 rings (SSSR count). The maximum Gasteiger partial charge on any atom is 0.00217 e. The Hall–Kier alpha value is -1.48. The molecule has 1 aromatic carbocycles. The van der Waals surface area contributed by atoms with Crippen LogP contribution in [0.15, 0.2) is 29.8 Å². The van der Waals surface area contributed by atoms with Crippen molar-refractivity contribution in [2.75, 3.05) is 0 Å². The van der Waals surface area contributed by atoms with E-state index in [-0.39, 0.29) is 0 Å². The summed E-state index contributed by atoms with van der Waals surface area (Å²) in [5.41, 5.74) is 4.67. The summed E-state index contributed by atoms with van der Waals surface area (Å²) in [5.74, 6) is 2.66. The van der Waals surface area contributed by atoms with Gasteiger partial charge in [0.1, 0.15) is 0 Å². The zero-order valence-electron chi connectivity index (χ0n) is 8.39. The van der Waals surface area contributed by atoms with Crippen LogP contribution in [0.2, 0.25) is 0 Å². The largest absolute Gasteiger partial charge is 0.115 e. The normalized spacial score (nSPS) is 11.8. The molecule has 0 aliphatic carbocycles. The first-order chi connectivity index (χ1) is 6.15. The maximum atomic E-state index is 5.34. The van der Waals surface area contributed by atoms with E-state index in [2.05, 4.69) is 44.0 Å². The minimum absolute atomic E-state index is 1.01. The Kier molecular flexibility index (Phi) is 2.93. The minimum Gasteiger partial charge on any atom is -0.115 e. The van der Waals surface area contributed by atoms with Gasteiger partial charge in [-0.05, 0) is 31.9 Å². The predicted octanol–water partition coefficient (Wildman–Crippen LogP) is 3.42. The first-order valence-corrected chi connectivity index (χ1v) is 4.36. The first kappa shape index (κ1) is 9.61. The van der Waals surface area contributed by atoms with E-state index in [0.29, 0.717) is 0 Å². The summed E-state index contributed by atoms with van der Waals surface area (Å²) in [6.07, 6.45) is 5.34. The van der Waals surface area contributed by atoms with Gasteiger partial charge in [-0.2, -0.15) is 0 Å². The van der Waals surface area contributed by atoms with Gasteiger partial charge in [0.05, 0.1) is 0 Å². The molecule has 0 saturated carbocycles. The lowest BCUT2D eigenvalue weighted by molar-refractivity contribution is 1.42. The molecule has 0 aliphatic rings. The van der Waals surface area contributed by atoms with Crippen molar-refractivity contribution < 1.29 is 0 Å². The van der Waals surface area contributed by atoms with Gasteiger partial charge in [-0.3, -0.25) is 0 Å². The molecule has 0 spiro atoms. The number of aryl methyl sites for hydroxylation is 1. The molecule has 0 heteroatoms. The van der Waals surface area contributed by atoms with Crippen LogP contribution >= 0.6 is 0 Å². The second kappa shape index (κ2) is 3.96. The molecule has 0 N–H and O–H groups in total. The molecule has 13 heavy (non-hydrogen) atoms. The third-order valence-electron chi connectivity index (χ3n) is 2.23. The highest BCUT2D eigenvalue weighted by atomic mass is 14.0. The standard InChI is InChI=1S/C13H14/c1-5-11(3)12(4)13-8-6-7-10(2)9-13/h1,6-9H,2-4H3/b12-11-. The molecule has 0 atom stereocenters. The summed E-state index contributed by atoms with van der Waals surface area (Å²) in [6.45, 7) is 6.11. The molecular weight excluding hydrogens is 156 g/mol. The van der Waals surface area contributed by atoms with Crippen molar-refractivity contribution in [2.45, 2.75) is 20.8 Å². The molecule has 0 bridgehead atoms. The van der Waals surface area contributed by atoms with Crippen LogP contribution in [0.1, 0.15) is 25.0 Å². The van der Waals surface area contributed by atoms with Crippen LogP contribution in [-0.4, -0.2) is 0 Å². The van der Waals surface area contributed by atoms with Crippen molar-refractivity contribution in [1.82, 2.24) is 0 Å². The van der Waals surface area contributed by atoms with E-state index in [4.69, 9.17) is 6.42 Å². The van der Waals surface area contributed by atoms with Gasteiger partial charge >= 0.3 is 0 Å². The summed E-state index contributed by atoms with van der Waals surface area (Å²) in [7, 11) is 0. The van der Waals surface area contributed by atoms with Crippen LogP contribution < -0.4 is 0 Å². The lowest BCUT2D eigenvalue weighted by Crippen LogP contribution is -1.84. The molecule has 0 amide bonds. The second-order valence-electron chi connectivity index (χ2n) is 3.26. The molecule has 0 saturated heterocycles. The zero-order chi connectivity index (χ0) is 9.84. The summed E-state index contributed by atoms with van der Waals surface area (Å²) < 4.78 is 0. The predicted molar refractivity (Wildman–Crippen MR) is 58.3 cm³/mol. The summed E-state index contributed by atoms with van der Waals surface area (Å²) in [5, 5.41) is 0. The van der Waals surface area contributed by atoms with Gasteiger partial charge < -0.3 is 0 Å². The molecule has 0 fully saturated rings. The van der Waals surface area contributed by atoms with Crippen LogP contribution in [0.5, 0.6) is 0 Å². The number of benzene rings is 1. The average molecular weight is 170 g/mol. The van der Waals surface area contributed by atoms with Gasteiger partial charge in [0.2, 0.25) is 0 Å². The van der Waals surface area contributed by atoms with Crippen molar-refractivity contribution in [3.63, 3.8) is 0 Å². The Balaban J connectivity index is 3.18. The van der Waals surface area contributed by atoms with E-state index >= 15 is 0 Å². The molecule has 0 heterocycles. The second-order valence-corrected chi connectivity index (χ2v) is 3.26. The Labute approximate surface area is 80.3 Å². The van der Waals surface area contributed by atoms with Crippen LogP contribution in [0.3, 0.4) is 0 Å². The Bertz CT molecular complexity index is 375. The third kappa shape index (κ3) is 2.23. The fraction of sp³-hybridized carbons (Fsp3) is 0.231. The number of hydrogen-bond acceptors (Lipinski definition) is 0. The lowest BCUT2D eigenvalue weighted by atomic mass is 10.0. The van der Waals surface area contributed by atoms with Crippen molar-refractivity contribution in [1.29, 1.82) is 0 Å². The summed E-state index contributed by atoms with van der Waals surface area (Å²) in [6, 6.07) is 8.37. The van der Waals surface area contributed by atoms with Gasteiger partial charge in [0.25, 0.3) is 0 Å². The summed E-state index contributed by atoms with van der Waals surface area (Å²) in [4.78, 5) is 0. The van der Waals surface area contributed by atoms with Gasteiger partial charge in [0, 0.05) is 5.57 Å². The SMILES string of the molecule is C#C/C(C)=C(/C)c1cccc(C)c1. The fourth-order valence-electron chi connectivity index (χ4n) is 1.20. The molecule has 0 unspecified atom stereocenters. The van der Waals surface area contributed by atoms with E-state index in [9.17, 15) is 0 Å². The third-order valence-corrected chi connectivity index (χ3v) is 2.23. The van der Waals surface area contributed by atoms with Gasteiger partial charge in [-0.1, -0.05) is 35.7 Å². The maximum absolute atomic E-state index is 5.34. The van der Waals surface area contributed by atoms with Crippen LogP contribution in [0.25, 0.3) is 5.57 Å². The molecule has 0 aromatic heterocycles. The molecule has 0 nitrogen and oxygen atoms in total. The van der Waals surface area contributed by atoms with E-state index in [1.165, 1.54) is 16.7 Å². The van der Waals surface area contributed by atoms with Crippen LogP contribution in [0, 0.1) is 19.3 Å². The molecular formula is C13H14. The molecule has 1 aromatic rings. The Morgan fingerprint density at radius 2 is 2.00 bits per heavy atom. The number of hydrogen-bond donors (Lipinski definition) is 0. The quantitative estimate of drug-likeness (QED) is 0.566. The highest BCUT2D eigenvalue weighted by Crippen LogP contribution is 2.18. The first-order valence-electron chi connectivity index (χ1n) is 4.36. The van der Waals surface area contributed by atoms with Crippen molar-refractivity contribution in [3.8, 4) is 12.3 Å². The molecule has 0 radical (unpaired) electrons. The van der Waals surface area contributed by atoms with Gasteiger partial charge in [-0.25, -0.2) is 0 Å². The fourth-order valence-corrected chi connectivity index (χ4v) is 1.20. The van der Waals surface area contributed by atoms with Crippen LogP contribution in [0.4, 0.5) is 0 Å². The number of terminal acetylenes is 1. The average Bonchev–Trinajstić information content (AvgIpc) is 2.15. The zero-order valence-corrected chi connectivity index (χ0v) is 8.39. The van der Waals surface area contributed by atoms with Crippen molar-refractivity contribution in [3.05, 3.63) is 41.0 Å². The molecule has 0 aliphatic heterocycles. The van der Waals surface area contributed by atoms with E-state index in [0.717, 1.165) is 5.57 Å². The highest BCUT2D eigenvalue weighted by molar-refractivity contribution is 5.70. The highest BCUT2D eigenvalue weighted by Gasteiger charge is 1.97. The van der Waals surface area contributed by atoms with Gasteiger partial charge in [-0.15, -0.1) is 6.42 Å². The Morgan fingerprint density at radius 1 is 1.31 bits per heavy atom. The van der Waals surface area contributed by atoms with Crippen LogP contribution in [-0.2, 0) is 0 Å². The van der Waals surface area contributed by atoms with Crippen molar-refractivity contribution >= 4 is 5.57 Å². The van der Waals surface area contributed by atoms with E-state index in [1.807, 2.05) is 6.92 Å². The number of allylic oxidation sites excluding steroid dienone is 2. The monoisotopic (exact) mass is 170 g/mol.